The number of likely N-dealkylation sites (tertiary alicyclic amines) is 1. The first-order valence-corrected chi connectivity index (χ1v) is 25.1. The van der Waals surface area contributed by atoms with E-state index in [1.807, 2.05) is 187 Å². The van der Waals surface area contributed by atoms with E-state index >= 15 is 4.79 Å². The van der Waals surface area contributed by atoms with Crippen molar-refractivity contribution < 1.29 is 33.9 Å². The molecule has 2 saturated heterocycles. The number of β-lactam (4-membered cyclic amide) rings is 1. The van der Waals surface area contributed by atoms with Gasteiger partial charge in [-0.25, -0.2) is 9.78 Å². The molecule has 3 aliphatic rings. The highest BCUT2D eigenvalue weighted by Crippen LogP contribution is 2.48. The standard InChI is InChI=1S/C56H48N6O7S2/c63-38-68-37-54(51(67)62-48(50(65)66)46(36-70-52(54)62)61-33-19-20-34-61)58-49(64)47(60-69-56(42-27-13-4-14-28-42,43-29-15-5-16-30-43)44-31-17-6-18-32-44)45-35-71-53(57-45)59-55(39-21-7-1-8-22-39,40-23-9-2-10-24-40)41-25-11-3-12-26-41/h1-18,21-32,35,38,52H,19-20,33-34,36-37H2,(H,57,59)(H,58,64)(H,65,66)/b60-47-/t52-,54?/m0/s1. The number of carbonyl (C=O) groups excluding carboxylic acids is 3. The summed E-state index contributed by atoms with van der Waals surface area (Å²) >= 11 is 2.54. The van der Waals surface area contributed by atoms with Gasteiger partial charge in [-0.3, -0.25) is 19.3 Å². The Morgan fingerprint density at radius 3 is 1.65 bits per heavy atom. The van der Waals surface area contributed by atoms with Gasteiger partial charge in [-0.05, 0) is 29.5 Å². The monoisotopic (exact) mass is 980 g/mol. The Morgan fingerprint density at radius 2 is 1.20 bits per heavy atom. The SMILES string of the molecule is O=COCC1(NC(=O)/C(=N\OC(c2ccccc2)(c2ccccc2)c2ccccc2)c2csc(NC(c3ccccc3)(c3ccccc3)c3ccccc3)n2)C(=O)N2C(C(=O)O)=C(N3CCCC3)CS[C@H]21. The first kappa shape index (κ1) is 46.7. The molecule has 10 rings (SSSR count). The number of fused-ring (bicyclic) bond motifs is 1. The third-order valence-corrected chi connectivity index (χ3v) is 15.4. The Morgan fingerprint density at radius 1 is 0.732 bits per heavy atom. The third-order valence-electron chi connectivity index (χ3n) is 13.2. The molecule has 3 N–H and O–H groups in total. The zero-order valence-electron chi connectivity index (χ0n) is 38.3. The predicted octanol–water partition coefficient (Wildman–Crippen LogP) is 8.60. The van der Waals surface area contributed by atoms with Gasteiger partial charge in [0.25, 0.3) is 18.3 Å². The van der Waals surface area contributed by atoms with E-state index in [-0.39, 0.29) is 29.3 Å². The molecule has 6 aromatic carbocycles. The van der Waals surface area contributed by atoms with Crippen LogP contribution in [0.2, 0.25) is 0 Å². The van der Waals surface area contributed by atoms with Crippen molar-refractivity contribution >= 4 is 58.2 Å². The van der Waals surface area contributed by atoms with Gasteiger partial charge in [0.2, 0.25) is 5.60 Å². The zero-order chi connectivity index (χ0) is 48.8. The molecule has 71 heavy (non-hydrogen) atoms. The van der Waals surface area contributed by atoms with Crippen LogP contribution in [0.4, 0.5) is 5.13 Å². The minimum atomic E-state index is -1.89. The molecule has 1 aromatic heterocycles. The summed E-state index contributed by atoms with van der Waals surface area (Å²) in [5, 5.41) is 23.3. The number of ether oxygens (including phenoxy) is 1. The van der Waals surface area contributed by atoms with Gasteiger partial charge in [-0.15, -0.1) is 23.1 Å². The van der Waals surface area contributed by atoms with E-state index in [4.69, 9.17) is 19.7 Å². The first-order chi connectivity index (χ1) is 34.8. The summed E-state index contributed by atoms with van der Waals surface area (Å²) in [6.45, 7) is 0.956. The molecule has 3 aliphatic heterocycles. The van der Waals surface area contributed by atoms with E-state index in [1.54, 1.807) is 5.38 Å². The molecule has 2 amide bonds. The summed E-state index contributed by atoms with van der Waals surface area (Å²) in [6.07, 6.45) is 1.80. The Bertz CT molecular complexity index is 2890. The number of carboxylic acid groups (broad SMARTS) is 1. The lowest BCUT2D eigenvalue weighted by molar-refractivity contribution is -0.164. The van der Waals surface area contributed by atoms with Gasteiger partial charge in [0.1, 0.15) is 23.2 Å². The highest BCUT2D eigenvalue weighted by molar-refractivity contribution is 8.00. The number of aliphatic carboxylic acids is 1. The molecule has 2 atom stereocenters. The Hall–Kier alpha value is -8.01. The molecule has 2 fully saturated rings. The number of nitrogens with one attached hydrogen (secondary N) is 2. The number of anilines is 1. The largest absolute Gasteiger partial charge is 0.477 e. The molecule has 0 spiro atoms. The molecule has 4 heterocycles. The van der Waals surface area contributed by atoms with Crippen LogP contribution in [0.15, 0.2) is 204 Å². The van der Waals surface area contributed by atoms with Crippen molar-refractivity contribution in [1.29, 1.82) is 0 Å². The van der Waals surface area contributed by atoms with Crippen molar-refractivity contribution in [2.45, 2.75) is 34.9 Å². The number of nitrogens with zero attached hydrogens (tertiary/aromatic N) is 4. The Labute approximate surface area is 418 Å². The maximum atomic E-state index is 15.5. The van der Waals surface area contributed by atoms with Crippen LogP contribution in [0.25, 0.3) is 0 Å². The number of oxime groups is 1. The molecule has 13 nitrogen and oxygen atoms in total. The Kier molecular flexibility index (Phi) is 13.3. The summed E-state index contributed by atoms with van der Waals surface area (Å²) < 4.78 is 5.32. The number of amides is 2. The number of thiazole rings is 1. The Balaban J connectivity index is 1.12. The minimum Gasteiger partial charge on any atom is -0.477 e. The minimum absolute atomic E-state index is 0.106. The number of carboxylic acids is 1. The van der Waals surface area contributed by atoms with Crippen molar-refractivity contribution in [3.05, 3.63) is 238 Å². The van der Waals surface area contributed by atoms with Gasteiger partial charge in [0.05, 0.1) is 5.70 Å². The van der Waals surface area contributed by atoms with Crippen molar-refractivity contribution in [2.75, 3.05) is 30.8 Å². The van der Waals surface area contributed by atoms with E-state index in [9.17, 15) is 19.5 Å². The zero-order valence-corrected chi connectivity index (χ0v) is 39.9. The molecular formula is C56H48N6O7S2. The van der Waals surface area contributed by atoms with Crippen LogP contribution in [-0.4, -0.2) is 86.2 Å². The van der Waals surface area contributed by atoms with Crippen molar-refractivity contribution in [3.8, 4) is 0 Å². The van der Waals surface area contributed by atoms with E-state index in [0.717, 1.165) is 29.5 Å². The fourth-order valence-electron chi connectivity index (χ4n) is 9.92. The molecule has 356 valence electrons. The van der Waals surface area contributed by atoms with Gasteiger partial charge in [-0.1, -0.05) is 187 Å². The van der Waals surface area contributed by atoms with Crippen LogP contribution in [0.1, 0.15) is 51.9 Å². The van der Waals surface area contributed by atoms with Crippen LogP contribution < -0.4 is 10.6 Å². The highest BCUT2D eigenvalue weighted by atomic mass is 32.2. The summed E-state index contributed by atoms with van der Waals surface area (Å²) in [6, 6.07) is 58.7. The summed E-state index contributed by atoms with van der Waals surface area (Å²) in [5.41, 5.74) is 0.822. The van der Waals surface area contributed by atoms with Crippen LogP contribution in [0, 0.1) is 0 Å². The van der Waals surface area contributed by atoms with E-state index in [0.29, 0.717) is 40.6 Å². The van der Waals surface area contributed by atoms with E-state index in [2.05, 4.69) is 10.6 Å². The molecule has 1 unspecified atom stereocenters. The quantitative estimate of drug-likeness (QED) is 0.0248. The van der Waals surface area contributed by atoms with Gasteiger partial charge in [0.15, 0.2) is 22.1 Å². The smallest absolute Gasteiger partial charge is 0.354 e. The fraction of sp³-hybridized carbons (Fsp3) is 0.179. The fourth-order valence-corrected chi connectivity index (χ4v) is 12.2. The van der Waals surface area contributed by atoms with Gasteiger partial charge < -0.3 is 30.2 Å². The van der Waals surface area contributed by atoms with Crippen LogP contribution in [0.5, 0.6) is 0 Å². The maximum absolute atomic E-state index is 15.5. The molecule has 0 bridgehead atoms. The average Bonchev–Trinajstić information content (AvgIpc) is 4.15. The molecular weight excluding hydrogens is 933 g/mol. The number of hydrogen-bond acceptors (Lipinski definition) is 12. The summed E-state index contributed by atoms with van der Waals surface area (Å²) in [5.74, 6) is -2.64. The first-order valence-electron chi connectivity index (χ1n) is 23.2. The van der Waals surface area contributed by atoms with Gasteiger partial charge in [-0.2, -0.15) is 0 Å². The van der Waals surface area contributed by atoms with Crippen molar-refractivity contribution in [2.24, 2.45) is 5.16 Å². The van der Waals surface area contributed by atoms with E-state index in [1.165, 1.54) is 28.0 Å². The van der Waals surface area contributed by atoms with Crippen LogP contribution >= 0.6 is 23.1 Å². The van der Waals surface area contributed by atoms with Crippen LogP contribution in [0.3, 0.4) is 0 Å². The number of rotatable bonds is 18. The van der Waals surface area contributed by atoms with E-state index < -0.39 is 46.4 Å². The summed E-state index contributed by atoms with van der Waals surface area (Å²) in [4.78, 5) is 70.3. The van der Waals surface area contributed by atoms with Gasteiger partial charge in [0, 0.05) is 40.9 Å². The van der Waals surface area contributed by atoms with Crippen molar-refractivity contribution in [1.82, 2.24) is 20.1 Å². The molecule has 0 saturated carbocycles. The number of benzene rings is 6. The topological polar surface area (TPSA) is 163 Å². The predicted molar refractivity (Wildman–Crippen MR) is 273 cm³/mol. The number of thioether (sulfide) groups is 1. The number of aromatic nitrogens is 1. The third kappa shape index (κ3) is 8.50. The second-order valence-corrected chi connectivity index (χ2v) is 19.2. The molecule has 0 radical (unpaired) electrons. The van der Waals surface area contributed by atoms with Gasteiger partial charge >= 0.3 is 5.97 Å². The number of hydrogen-bond donors (Lipinski definition) is 3. The molecule has 0 aliphatic carbocycles. The molecule has 15 heteroatoms. The summed E-state index contributed by atoms with van der Waals surface area (Å²) in [7, 11) is 0. The average molecular weight is 981 g/mol. The normalized spacial score (nSPS) is 18.0. The van der Waals surface area contributed by atoms with Crippen molar-refractivity contribution in [3.63, 3.8) is 0 Å². The van der Waals surface area contributed by atoms with Crippen LogP contribution in [-0.2, 0) is 39.9 Å². The second kappa shape index (κ2) is 20.1. The number of carbonyl (C=O) groups is 4. The lowest BCUT2D eigenvalue weighted by Gasteiger charge is -2.56. The lowest BCUT2D eigenvalue weighted by Crippen LogP contribution is -2.82. The second-order valence-electron chi connectivity index (χ2n) is 17.3. The lowest BCUT2D eigenvalue weighted by atomic mass is 9.77. The maximum Gasteiger partial charge on any atom is 0.354 e. The molecule has 7 aromatic rings. The highest BCUT2D eigenvalue weighted by Gasteiger charge is 2.67.